The van der Waals surface area contributed by atoms with E-state index in [1.54, 1.807) is 6.08 Å². The topological polar surface area (TPSA) is 116 Å². The average molecular weight is 669 g/mol. The predicted molar refractivity (Wildman–Crippen MR) is 199 cm³/mol. The third kappa shape index (κ3) is 5.42. The molecule has 8 nitrogen and oxygen atoms in total. The van der Waals surface area contributed by atoms with Crippen LogP contribution in [0.5, 0.6) is 0 Å². The number of hydrogen-bond donors (Lipinski definition) is 3. The predicted octanol–water partition coefficient (Wildman–Crippen LogP) is 7.94. The van der Waals surface area contributed by atoms with Crippen LogP contribution in [0.1, 0.15) is 71.8 Å². The monoisotopic (exact) mass is 668 g/mol. The van der Waals surface area contributed by atoms with Crippen molar-refractivity contribution in [2.45, 2.75) is 72.3 Å². The molecule has 7 rings (SSSR count). The second-order valence-electron chi connectivity index (χ2n) is 13.8. The van der Waals surface area contributed by atoms with Gasteiger partial charge >= 0.3 is 5.97 Å². The lowest BCUT2D eigenvalue weighted by Crippen LogP contribution is -2.21. The fraction of sp³-hybridized carbons (Fsp3) is 0.333. The second kappa shape index (κ2) is 13.0. The highest BCUT2D eigenvalue weighted by Crippen LogP contribution is 2.47. The summed E-state index contributed by atoms with van der Waals surface area (Å²) >= 11 is 0. The number of aliphatic hydroxyl groups is 2. The van der Waals surface area contributed by atoms with Crippen LogP contribution in [0.2, 0.25) is 0 Å². The van der Waals surface area contributed by atoms with Crippen molar-refractivity contribution in [2.24, 2.45) is 26.8 Å². The average Bonchev–Trinajstić information content (AvgIpc) is 3.86. The van der Waals surface area contributed by atoms with E-state index in [1.165, 1.54) is 7.11 Å². The summed E-state index contributed by atoms with van der Waals surface area (Å²) in [5.74, 6) is -0.356. The third-order valence-corrected chi connectivity index (χ3v) is 11.1. The first-order chi connectivity index (χ1) is 24.1. The fourth-order valence-electron chi connectivity index (χ4n) is 8.18. The number of allylic oxidation sites excluding steroid dienone is 11. The summed E-state index contributed by atoms with van der Waals surface area (Å²) in [5, 5.41) is 27.2. The molecule has 0 saturated carbocycles. The van der Waals surface area contributed by atoms with E-state index in [4.69, 9.17) is 19.7 Å². The maximum absolute atomic E-state index is 12.4. The zero-order chi connectivity index (χ0) is 35.4. The van der Waals surface area contributed by atoms with Gasteiger partial charge in [-0.25, -0.2) is 15.0 Å². The highest BCUT2D eigenvalue weighted by molar-refractivity contribution is 6.21. The van der Waals surface area contributed by atoms with Crippen LogP contribution in [0.25, 0.3) is 0 Å². The minimum Gasteiger partial charge on any atom is -0.511 e. The number of fused-ring (bicyclic) bond motifs is 5. The molecule has 3 N–H and O–H groups in total. The van der Waals surface area contributed by atoms with Gasteiger partial charge in [-0.3, -0.25) is 4.79 Å². The van der Waals surface area contributed by atoms with E-state index >= 15 is 0 Å². The lowest BCUT2D eigenvalue weighted by Gasteiger charge is -2.23. The van der Waals surface area contributed by atoms with Crippen LogP contribution in [0, 0.1) is 11.8 Å². The van der Waals surface area contributed by atoms with E-state index in [9.17, 15) is 15.0 Å². The molecule has 0 radical (unpaired) electrons. The number of methoxy groups -OCH3 is 1. The van der Waals surface area contributed by atoms with E-state index in [0.29, 0.717) is 24.3 Å². The molecule has 0 aromatic heterocycles. The standard InChI is InChI=1S/C42H44N4O4/c1-8-26-21(3)30-20-35-38(42(49)27(9-2)25-13-11-10-12-14-25)23(5)32(44-35)18-31-22(4)28(15-16-37(48)50-7)40(45-31)29-17-36(47)39-24(6)33(46-41(29)39)19-34(26)43-30/h9-14,18-20,22,27-28,42,45,47,49H,2,8,15-17H2,1,3-7H3/t22-,27?,28-,42?/m0/s1. The molecule has 1 fully saturated rings. The Morgan fingerprint density at radius 1 is 1.04 bits per heavy atom. The first-order valence-corrected chi connectivity index (χ1v) is 17.5. The summed E-state index contributed by atoms with van der Waals surface area (Å²) < 4.78 is 5.02. The first-order valence-electron chi connectivity index (χ1n) is 17.5. The van der Waals surface area contributed by atoms with Gasteiger partial charge in [-0.15, -0.1) is 6.58 Å². The van der Waals surface area contributed by atoms with Gasteiger partial charge in [-0.05, 0) is 79.7 Å². The summed E-state index contributed by atoms with van der Waals surface area (Å²) in [6, 6.07) is 9.93. The lowest BCUT2D eigenvalue weighted by atomic mass is 9.85. The molecule has 1 aliphatic carbocycles. The maximum atomic E-state index is 12.4. The van der Waals surface area contributed by atoms with Crippen LogP contribution < -0.4 is 5.32 Å². The van der Waals surface area contributed by atoms with E-state index < -0.39 is 6.10 Å². The molecule has 1 saturated heterocycles. The van der Waals surface area contributed by atoms with Gasteiger partial charge in [0.25, 0.3) is 0 Å². The number of benzene rings is 1. The highest BCUT2D eigenvalue weighted by atomic mass is 16.5. The number of nitrogens with zero attached hydrogens (tertiary/aromatic N) is 3. The zero-order valence-electron chi connectivity index (χ0n) is 29.6. The molecule has 1 aromatic rings. The van der Waals surface area contributed by atoms with Crippen molar-refractivity contribution in [1.82, 2.24) is 5.32 Å². The van der Waals surface area contributed by atoms with E-state index in [1.807, 2.05) is 56.3 Å². The third-order valence-electron chi connectivity index (χ3n) is 11.1. The van der Waals surface area contributed by atoms with Gasteiger partial charge in [0.1, 0.15) is 5.76 Å². The van der Waals surface area contributed by atoms with Crippen molar-refractivity contribution in [3.63, 3.8) is 0 Å². The number of ether oxygens (including phenoxy) is 1. The van der Waals surface area contributed by atoms with Crippen molar-refractivity contribution in [3.8, 4) is 0 Å². The van der Waals surface area contributed by atoms with Gasteiger partial charge in [0, 0.05) is 58.7 Å². The molecule has 2 unspecified atom stereocenters. The lowest BCUT2D eigenvalue weighted by molar-refractivity contribution is -0.140. The minimum atomic E-state index is -0.904. The number of carbonyl (C=O) groups is 1. The molecule has 6 aliphatic rings. The van der Waals surface area contributed by atoms with Gasteiger partial charge in [0.05, 0.1) is 47.4 Å². The molecule has 0 spiro atoms. The Kier molecular flexibility index (Phi) is 8.68. The summed E-state index contributed by atoms with van der Waals surface area (Å²) in [4.78, 5) is 27.8. The van der Waals surface area contributed by atoms with Gasteiger partial charge < -0.3 is 20.3 Å². The Labute approximate surface area is 293 Å². The Balaban J connectivity index is 1.45. The Morgan fingerprint density at radius 3 is 2.46 bits per heavy atom. The number of carbonyl (C=O) groups excluding carboxylic acids is 1. The second-order valence-corrected chi connectivity index (χ2v) is 13.8. The van der Waals surface area contributed by atoms with Crippen molar-refractivity contribution in [3.05, 3.63) is 140 Å². The van der Waals surface area contributed by atoms with Crippen molar-refractivity contribution < 1.29 is 19.7 Å². The Bertz CT molecular complexity index is 2080. The maximum Gasteiger partial charge on any atom is 0.305 e. The SMILES string of the molecule is C=CC(c1ccccc1)C(O)C1=C(C)C2=NC1=CC1=NC(=CC3=C(C)C4=C(O)CC(=C5NC(=C2)[C@@H](C)[C@@H]5CCC(=O)OC)C4=N3)C(CC)=C1C. The molecule has 1 aromatic carbocycles. The molecule has 8 heteroatoms. The quantitative estimate of drug-likeness (QED) is 0.192. The molecule has 5 aliphatic heterocycles. The largest absolute Gasteiger partial charge is 0.511 e. The fourth-order valence-corrected chi connectivity index (χ4v) is 8.18. The van der Waals surface area contributed by atoms with E-state index in [2.05, 4.69) is 38.7 Å². The van der Waals surface area contributed by atoms with E-state index in [0.717, 1.165) is 90.9 Å². The molecule has 50 heavy (non-hydrogen) atoms. The Hall–Kier alpha value is -5.08. The van der Waals surface area contributed by atoms with Crippen LogP contribution in [-0.2, 0) is 9.53 Å². The van der Waals surface area contributed by atoms with E-state index in [-0.39, 0.29) is 30.1 Å². The van der Waals surface area contributed by atoms with Crippen LogP contribution >= 0.6 is 0 Å². The van der Waals surface area contributed by atoms with Crippen molar-refractivity contribution >= 4 is 23.1 Å². The molecule has 256 valence electrons. The highest BCUT2D eigenvalue weighted by Gasteiger charge is 2.41. The van der Waals surface area contributed by atoms with Gasteiger partial charge in [-0.1, -0.05) is 50.3 Å². The van der Waals surface area contributed by atoms with Crippen LogP contribution in [-0.4, -0.2) is 46.5 Å². The smallest absolute Gasteiger partial charge is 0.305 e. The number of esters is 1. The molecule has 5 heterocycles. The van der Waals surface area contributed by atoms with Gasteiger partial charge in [0.2, 0.25) is 0 Å². The van der Waals surface area contributed by atoms with Crippen LogP contribution in [0.4, 0.5) is 0 Å². The number of nitrogens with one attached hydrogen (secondary N) is 1. The summed E-state index contributed by atoms with van der Waals surface area (Å²) in [7, 11) is 1.41. The Morgan fingerprint density at radius 2 is 1.76 bits per heavy atom. The first kappa shape index (κ1) is 33.4. The minimum absolute atomic E-state index is 0.00139. The van der Waals surface area contributed by atoms with Crippen LogP contribution in [0.3, 0.4) is 0 Å². The molecular formula is C42H44N4O4. The van der Waals surface area contributed by atoms with Gasteiger partial charge in [0.15, 0.2) is 0 Å². The molecule has 0 amide bonds. The number of aliphatic imine (C=N–C) groups is 3. The van der Waals surface area contributed by atoms with Crippen molar-refractivity contribution in [1.29, 1.82) is 0 Å². The van der Waals surface area contributed by atoms with Gasteiger partial charge in [-0.2, -0.15) is 0 Å². The molecule has 4 atom stereocenters. The number of aliphatic hydroxyl groups excluding tert-OH is 2. The number of rotatable bonds is 8. The summed E-state index contributed by atoms with van der Waals surface area (Å²) in [5.41, 5.74) is 13.9. The normalized spacial score (nSPS) is 23.8. The summed E-state index contributed by atoms with van der Waals surface area (Å²) in [6.07, 6.45) is 8.96. The number of hydrogen-bond acceptors (Lipinski definition) is 8. The summed E-state index contributed by atoms with van der Waals surface area (Å²) in [6.45, 7) is 14.5. The van der Waals surface area contributed by atoms with Crippen LogP contribution in [0.15, 0.2) is 149 Å². The zero-order valence-corrected chi connectivity index (χ0v) is 29.6. The molecular weight excluding hydrogens is 624 g/mol. The molecule has 8 bridgehead atoms. The van der Waals surface area contributed by atoms with Crippen molar-refractivity contribution in [2.75, 3.05) is 7.11 Å².